The van der Waals surface area contributed by atoms with E-state index in [-0.39, 0.29) is 0 Å². The van der Waals surface area contributed by atoms with Gasteiger partial charge in [0.15, 0.2) is 0 Å². The number of nitrogens with one attached hydrogen (secondary N) is 1. The Morgan fingerprint density at radius 2 is 2.48 bits per heavy atom. The SMILES string of the molecule is CCc1nsc(NC[C@H]2CCn3ncc(C(N)=O)c3C2)n1. The standard InChI is InChI=1S/C13H18N6OS/c1-2-11-17-13(21-18-11)15-6-8-3-4-19-10(5-8)9(7-16-19)12(14)20/h7-8H,2-6H2,1H3,(H2,14,20)(H,15,17,18)/t8-/m0/s1. The molecule has 0 aliphatic carbocycles. The van der Waals surface area contributed by atoms with Gasteiger partial charge in [0.05, 0.1) is 17.5 Å². The summed E-state index contributed by atoms with van der Waals surface area (Å²) in [6, 6.07) is 0. The highest BCUT2D eigenvalue weighted by molar-refractivity contribution is 7.09. The molecule has 0 aromatic carbocycles. The Kier molecular flexibility index (Phi) is 3.87. The van der Waals surface area contributed by atoms with Crippen LogP contribution in [0.4, 0.5) is 5.13 Å². The van der Waals surface area contributed by atoms with Gasteiger partial charge in [-0.2, -0.15) is 9.47 Å². The van der Waals surface area contributed by atoms with Crippen LogP contribution in [0.3, 0.4) is 0 Å². The van der Waals surface area contributed by atoms with Gasteiger partial charge in [-0.15, -0.1) is 0 Å². The molecule has 2 aromatic rings. The number of primary amides is 1. The van der Waals surface area contributed by atoms with Crippen LogP contribution in [0, 0.1) is 5.92 Å². The molecule has 2 aromatic heterocycles. The minimum atomic E-state index is -0.401. The lowest BCUT2D eigenvalue weighted by atomic mass is 9.94. The molecule has 3 rings (SSSR count). The number of carbonyl (C=O) groups is 1. The molecule has 0 saturated heterocycles. The van der Waals surface area contributed by atoms with Gasteiger partial charge in [-0.1, -0.05) is 6.92 Å². The molecule has 7 nitrogen and oxygen atoms in total. The summed E-state index contributed by atoms with van der Waals surface area (Å²) in [6.45, 7) is 3.69. The first-order valence-electron chi connectivity index (χ1n) is 7.08. The molecule has 1 aliphatic heterocycles. The first-order valence-corrected chi connectivity index (χ1v) is 7.85. The van der Waals surface area contributed by atoms with Crippen molar-refractivity contribution in [1.82, 2.24) is 19.1 Å². The highest BCUT2D eigenvalue weighted by Crippen LogP contribution is 2.23. The van der Waals surface area contributed by atoms with Crippen LogP contribution >= 0.6 is 11.5 Å². The minimum Gasteiger partial charge on any atom is -0.365 e. The maximum atomic E-state index is 11.4. The quantitative estimate of drug-likeness (QED) is 0.861. The van der Waals surface area contributed by atoms with Gasteiger partial charge < -0.3 is 11.1 Å². The van der Waals surface area contributed by atoms with Gasteiger partial charge in [-0.05, 0) is 18.8 Å². The molecule has 8 heteroatoms. The van der Waals surface area contributed by atoms with E-state index in [0.29, 0.717) is 11.5 Å². The Hall–Kier alpha value is -1.96. The largest absolute Gasteiger partial charge is 0.365 e. The number of nitrogens with two attached hydrogens (primary N) is 1. The van der Waals surface area contributed by atoms with Crippen molar-refractivity contribution in [2.45, 2.75) is 32.7 Å². The summed E-state index contributed by atoms with van der Waals surface area (Å²) in [4.78, 5) is 15.8. The van der Waals surface area contributed by atoms with Crippen LogP contribution in [0.1, 0.15) is 35.2 Å². The average Bonchev–Trinajstić information content (AvgIpc) is 3.11. The third-order valence-electron chi connectivity index (χ3n) is 3.77. The molecule has 1 atom stereocenters. The number of anilines is 1. The van der Waals surface area contributed by atoms with Crippen molar-refractivity contribution in [3.05, 3.63) is 23.3 Å². The predicted molar refractivity (Wildman–Crippen MR) is 80.3 cm³/mol. The maximum Gasteiger partial charge on any atom is 0.252 e. The van der Waals surface area contributed by atoms with Gasteiger partial charge in [0.2, 0.25) is 5.13 Å². The van der Waals surface area contributed by atoms with Gasteiger partial charge in [-0.3, -0.25) is 9.48 Å². The summed E-state index contributed by atoms with van der Waals surface area (Å²) < 4.78 is 6.14. The fourth-order valence-electron chi connectivity index (χ4n) is 2.58. The molecule has 0 unspecified atom stereocenters. The van der Waals surface area contributed by atoms with Crippen molar-refractivity contribution in [2.24, 2.45) is 11.7 Å². The van der Waals surface area contributed by atoms with Gasteiger partial charge in [0, 0.05) is 31.0 Å². The second-order valence-corrected chi connectivity index (χ2v) is 5.95. The molecule has 1 amide bonds. The number of carbonyl (C=O) groups excluding carboxylic acids is 1. The number of aryl methyl sites for hydroxylation is 2. The first kappa shape index (κ1) is 14.0. The van der Waals surface area contributed by atoms with Crippen molar-refractivity contribution in [2.75, 3.05) is 11.9 Å². The summed E-state index contributed by atoms with van der Waals surface area (Å²) in [5.41, 5.74) is 6.88. The van der Waals surface area contributed by atoms with Crippen molar-refractivity contribution in [3.63, 3.8) is 0 Å². The maximum absolute atomic E-state index is 11.4. The molecular formula is C13H18N6OS. The molecule has 0 saturated carbocycles. The number of aromatic nitrogens is 4. The molecular weight excluding hydrogens is 288 g/mol. The van der Waals surface area contributed by atoms with Crippen LogP contribution in [-0.2, 0) is 19.4 Å². The highest BCUT2D eigenvalue weighted by atomic mass is 32.1. The normalized spacial score (nSPS) is 17.5. The Labute approximate surface area is 126 Å². The Morgan fingerprint density at radius 1 is 1.62 bits per heavy atom. The van der Waals surface area contributed by atoms with E-state index in [2.05, 4.69) is 19.8 Å². The zero-order valence-electron chi connectivity index (χ0n) is 11.9. The summed E-state index contributed by atoms with van der Waals surface area (Å²) >= 11 is 1.39. The molecule has 0 fully saturated rings. The van der Waals surface area contributed by atoms with Crippen LogP contribution in [0.25, 0.3) is 0 Å². The number of fused-ring (bicyclic) bond motifs is 1. The molecule has 0 bridgehead atoms. The van der Waals surface area contributed by atoms with Gasteiger partial charge in [0.1, 0.15) is 5.82 Å². The van der Waals surface area contributed by atoms with E-state index in [1.807, 2.05) is 11.6 Å². The fraction of sp³-hybridized carbons (Fsp3) is 0.538. The topological polar surface area (TPSA) is 98.7 Å². The van der Waals surface area contributed by atoms with Crippen molar-refractivity contribution in [3.8, 4) is 0 Å². The highest BCUT2D eigenvalue weighted by Gasteiger charge is 2.24. The van der Waals surface area contributed by atoms with Crippen molar-refractivity contribution in [1.29, 1.82) is 0 Å². The number of rotatable bonds is 5. The molecule has 112 valence electrons. The summed E-state index contributed by atoms with van der Waals surface area (Å²) in [6.07, 6.45) is 4.26. The summed E-state index contributed by atoms with van der Waals surface area (Å²) in [5, 5.41) is 8.42. The van der Waals surface area contributed by atoms with E-state index >= 15 is 0 Å². The number of hydrogen-bond donors (Lipinski definition) is 2. The van der Waals surface area contributed by atoms with E-state index in [4.69, 9.17) is 5.73 Å². The van der Waals surface area contributed by atoms with Crippen LogP contribution in [0.15, 0.2) is 6.20 Å². The lowest BCUT2D eigenvalue weighted by molar-refractivity contribution is 0.0998. The zero-order chi connectivity index (χ0) is 14.8. The number of amides is 1. The Morgan fingerprint density at radius 3 is 3.19 bits per heavy atom. The smallest absolute Gasteiger partial charge is 0.252 e. The van der Waals surface area contributed by atoms with E-state index in [1.165, 1.54) is 11.5 Å². The second kappa shape index (κ2) is 5.80. The van der Waals surface area contributed by atoms with Crippen LogP contribution in [0.5, 0.6) is 0 Å². The molecule has 0 spiro atoms. The van der Waals surface area contributed by atoms with Crippen LogP contribution < -0.4 is 11.1 Å². The van der Waals surface area contributed by atoms with E-state index in [1.54, 1.807) is 6.20 Å². The number of nitrogens with zero attached hydrogens (tertiary/aromatic N) is 4. The molecule has 3 N–H and O–H groups in total. The molecule has 0 radical (unpaired) electrons. The Balaban J connectivity index is 1.63. The third kappa shape index (κ3) is 2.90. The number of hydrogen-bond acceptors (Lipinski definition) is 6. The van der Waals surface area contributed by atoms with Crippen LogP contribution in [0.2, 0.25) is 0 Å². The Bertz CT molecular complexity index is 649. The van der Waals surface area contributed by atoms with Crippen molar-refractivity contribution >= 4 is 22.6 Å². The third-order valence-corrected chi connectivity index (χ3v) is 4.48. The van der Waals surface area contributed by atoms with Gasteiger partial charge in [-0.25, -0.2) is 4.98 Å². The van der Waals surface area contributed by atoms with E-state index in [9.17, 15) is 4.79 Å². The predicted octanol–water partition coefficient (Wildman–Crippen LogP) is 1.07. The summed E-state index contributed by atoms with van der Waals surface area (Å²) in [5.74, 6) is 0.920. The zero-order valence-corrected chi connectivity index (χ0v) is 12.7. The molecule has 3 heterocycles. The van der Waals surface area contributed by atoms with Gasteiger partial charge in [0.25, 0.3) is 5.91 Å². The average molecular weight is 306 g/mol. The van der Waals surface area contributed by atoms with Crippen LogP contribution in [-0.4, -0.2) is 31.6 Å². The second-order valence-electron chi connectivity index (χ2n) is 5.20. The van der Waals surface area contributed by atoms with Crippen molar-refractivity contribution < 1.29 is 4.79 Å². The molecule has 21 heavy (non-hydrogen) atoms. The monoisotopic (exact) mass is 306 g/mol. The lowest BCUT2D eigenvalue weighted by Crippen LogP contribution is -2.27. The minimum absolute atomic E-state index is 0.401. The molecule has 1 aliphatic rings. The lowest BCUT2D eigenvalue weighted by Gasteiger charge is -2.23. The van der Waals surface area contributed by atoms with Gasteiger partial charge >= 0.3 is 0 Å². The fourth-order valence-corrected chi connectivity index (χ4v) is 3.24. The van der Waals surface area contributed by atoms with E-state index < -0.39 is 5.91 Å². The first-order chi connectivity index (χ1) is 10.2. The van der Waals surface area contributed by atoms with E-state index in [0.717, 1.165) is 49.0 Å². The summed E-state index contributed by atoms with van der Waals surface area (Å²) in [7, 11) is 0.